The summed E-state index contributed by atoms with van der Waals surface area (Å²) in [5, 5.41) is 0. The lowest BCUT2D eigenvalue weighted by molar-refractivity contribution is 0.557. The van der Waals surface area contributed by atoms with E-state index < -0.39 is 0 Å². The quantitative estimate of drug-likeness (QED) is 0.787. The number of aromatic nitrogens is 1. The SMILES string of the molecule is CC1(C)[C@@H](CN)[C@@H]1c1cc2c([nH]1)CCCC2. The van der Waals surface area contributed by atoms with E-state index in [2.05, 4.69) is 24.9 Å². The minimum Gasteiger partial charge on any atom is -0.362 e. The van der Waals surface area contributed by atoms with E-state index in [-0.39, 0.29) is 0 Å². The van der Waals surface area contributed by atoms with Crippen molar-refractivity contribution in [3.8, 4) is 0 Å². The number of aryl methyl sites for hydroxylation is 2. The second-order valence-electron chi connectivity index (χ2n) is 6.08. The van der Waals surface area contributed by atoms with Crippen molar-refractivity contribution in [2.24, 2.45) is 17.1 Å². The molecule has 2 atom stereocenters. The Balaban J connectivity index is 1.88. The van der Waals surface area contributed by atoms with E-state index in [4.69, 9.17) is 5.73 Å². The normalized spacial score (nSPS) is 31.2. The predicted octanol–water partition coefficient (Wildman–Crippen LogP) is 2.59. The third kappa shape index (κ3) is 1.36. The van der Waals surface area contributed by atoms with Gasteiger partial charge in [0.2, 0.25) is 0 Å². The lowest BCUT2D eigenvalue weighted by Crippen LogP contribution is -2.05. The Bertz CT molecular complexity index is 379. The summed E-state index contributed by atoms with van der Waals surface area (Å²) in [6.45, 7) is 5.51. The molecule has 0 unspecified atom stereocenters. The van der Waals surface area contributed by atoms with Gasteiger partial charge in [-0.3, -0.25) is 0 Å². The average Bonchev–Trinajstić information content (AvgIpc) is 2.65. The van der Waals surface area contributed by atoms with Crippen LogP contribution in [0.1, 0.15) is 49.6 Å². The van der Waals surface area contributed by atoms with E-state index in [0.29, 0.717) is 17.3 Å². The van der Waals surface area contributed by atoms with Crippen LogP contribution in [0.25, 0.3) is 0 Å². The number of aromatic amines is 1. The smallest absolute Gasteiger partial charge is 0.0192 e. The van der Waals surface area contributed by atoms with Crippen LogP contribution in [0.2, 0.25) is 0 Å². The van der Waals surface area contributed by atoms with Gasteiger partial charge < -0.3 is 10.7 Å². The minimum atomic E-state index is 0.405. The highest BCUT2D eigenvalue weighted by molar-refractivity contribution is 5.35. The molecule has 2 nitrogen and oxygen atoms in total. The molecule has 1 saturated carbocycles. The Hall–Kier alpha value is -0.760. The topological polar surface area (TPSA) is 41.8 Å². The number of H-pyrrole nitrogens is 1. The van der Waals surface area contributed by atoms with Crippen molar-refractivity contribution in [2.75, 3.05) is 6.54 Å². The average molecular weight is 218 g/mol. The fourth-order valence-corrected chi connectivity index (χ4v) is 3.60. The van der Waals surface area contributed by atoms with Crippen molar-refractivity contribution in [3.05, 3.63) is 23.0 Å². The molecule has 16 heavy (non-hydrogen) atoms. The lowest BCUT2D eigenvalue weighted by atomic mass is 9.98. The van der Waals surface area contributed by atoms with E-state index in [9.17, 15) is 0 Å². The standard InChI is InChI=1S/C14H22N2/c1-14(2)10(8-15)13(14)12-7-9-5-3-4-6-11(9)16-12/h7,10,13,16H,3-6,8,15H2,1-2H3/t10-,13+/m0/s1. The minimum absolute atomic E-state index is 0.405. The molecule has 2 aliphatic carbocycles. The first-order valence-corrected chi connectivity index (χ1v) is 6.55. The molecule has 0 spiro atoms. The Labute approximate surface area is 97.6 Å². The predicted molar refractivity (Wildman–Crippen MR) is 66.5 cm³/mol. The highest BCUT2D eigenvalue weighted by Gasteiger charge is 2.58. The highest BCUT2D eigenvalue weighted by atomic mass is 14.8. The van der Waals surface area contributed by atoms with Crippen molar-refractivity contribution in [3.63, 3.8) is 0 Å². The van der Waals surface area contributed by atoms with Crippen LogP contribution in [0.3, 0.4) is 0 Å². The number of hydrogen-bond donors (Lipinski definition) is 2. The van der Waals surface area contributed by atoms with Crippen molar-refractivity contribution in [1.29, 1.82) is 0 Å². The summed E-state index contributed by atoms with van der Waals surface area (Å²) in [4.78, 5) is 3.66. The van der Waals surface area contributed by atoms with Crippen LogP contribution < -0.4 is 5.73 Å². The molecule has 0 bridgehead atoms. The molecule has 1 fully saturated rings. The molecule has 0 radical (unpaired) electrons. The number of fused-ring (bicyclic) bond motifs is 1. The number of nitrogens with two attached hydrogens (primary N) is 1. The van der Waals surface area contributed by atoms with E-state index in [0.717, 1.165) is 6.54 Å². The molecule has 1 heterocycles. The van der Waals surface area contributed by atoms with Gasteiger partial charge in [0.05, 0.1) is 0 Å². The molecule has 88 valence electrons. The Morgan fingerprint density at radius 3 is 2.75 bits per heavy atom. The summed E-state index contributed by atoms with van der Waals surface area (Å²) >= 11 is 0. The maximum absolute atomic E-state index is 5.85. The highest BCUT2D eigenvalue weighted by Crippen LogP contribution is 2.63. The van der Waals surface area contributed by atoms with Crippen LogP contribution >= 0.6 is 0 Å². The zero-order chi connectivity index (χ0) is 11.3. The summed E-state index contributed by atoms with van der Waals surface area (Å²) in [7, 11) is 0. The first-order chi connectivity index (χ1) is 7.64. The van der Waals surface area contributed by atoms with Crippen LogP contribution in [0, 0.1) is 11.3 Å². The summed E-state index contributed by atoms with van der Waals surface area (Å²) in [6.07, 6.45) is 5.22. The van der Waals surface area contributed by atoms with Crippen molar-refractivity contribution in [2.45, 2.75) is 45.4 Å². The van der Waals surface area contributed by atoms with Gasteiger partial charge >= 0.3 is 0 Å². The Morgan fingerprint density at radius 1 is 1.38 bits per heavy atom. The zero-order valence-corrected chi connectivity index (χ0v) is 10.3. The van der Waals surface area contributed by atoms with Crippen LogP contribution in [-0.4, -0.2) is 11.5 Å². The van der Waals surface area contributed by atoms with E-state index in [1.54, 1.807) is 5.56 Å². The first-order valence-electron chi connectivity index (χ1n) is 6.55. The summed E-state index contributed by atoms with van der Waals surface area (Å²) in [5.74, 6) is 1.34. The van der Waals surface area contributed by atoms with Gasteiger partial charge in [-0.15, -0.1) is 0 Å². The molecule has 2 heteroatoms. The summed E-state index contributed by atoms with van der Waals surface area (Å²) in [6, 6.07) is 2.41. The molecule has 0 saturated heterocycles. The van der Waals surface area contributed by atoms with Gasteiger partial charge in [-0.1, -0.05) is 13.8 Å². The molecule has 1 aromatic rings. The van der Waals surface area contributed by atoms with Crippen LogP contribution in [0.5, 0.6) is 0 Å². The monoisotopic (exact) mass is 218 g/mol. The van der Waals surface area contributed by atoms with Crippen LogP contribution in [0.4, 0.5) is 0 Å². The summed E-state index contributed by atoms with van der Waals surface area (Å²) in [5.41, 5.74) is 10.8. The maximum atomic E-state index is 5.85. The number of nitrogens with one attached hydrogen (secondary N) is 1. The molecule has 1 aromatic heterocycles. The van der Waals surface area contributed by atoms with Crippen molar-refractivity contribution < 1.29 is 0 Å². The molecule has 0 aliphatic heterocycles. The number of hydrogen-bond acceptors (Lipinski definition) is 1. The molecular formula is C14H22N2. The second kappa shape index (κ2) is 3.36. The van der Waals surface area contributed by atoms with Gasteiger partial charge in [-0.25, -0.2) is 0 Å². The van der Waals surface area contributed by atoms with Gasteiger partial charge in [0.25, 0.3) is 0 Å². The van der Waals surface area contributed by atoms with E-state index in [1.807, 2.05) is 0 Å². The van der Waals surface area contributed by atoms with Gasteiger partial charge in [0.15, 0.2) is 0 Å². The second-order valence-corrected chi connectivity index (χ2v) is 6.08. The molecule has 3 rings (SSSR count). The Kier molecular flexibility index (Phi) is 2.19. The third-order valence-electron chi connectivity index (χ3n) is 4.77. The summed E-state index contributed by atoms with van der Waals surface area (Å²) < 4.78 is 0. The van der Waals surface area contributed by atoms with E-state index >= 15 is 0 Å². The number of rotatable bonds is 2. The Morgan fingerprint density at radius 2 is 2.12 bits per heavy atom. The van der Waals surface area contributed by atoms with Gasteiger partial charge in [-0.2, -0.15) is 0 Å². The first kappa shape index (κ1) is 10.4. The fourth-order valence-electron chi connectivity index (χ4n) is 3.60. The van der Waals surface area contributed by atoms with Crippen molar-refractivity contribution in [1.82, 2.24) is 4.98 Å². The van der Waals surface area contributed by atoms with Crippen LogP contribution in [0.15, 0.2) is 6.07 Å². The van der Waals surface area contributed by atoms with Crippen molar-refractivity contribution >= 4 is 0 Å². The van der Waals surface area contributed by atoms with E-state index in [1.165, 1.54) is 37.1 Å². The molecular weight excluding hydrogens is 196 g/mol. The molecule has 3 N–H and O–H groups in total. The van der Waals surface area contributed by atoms with Gasteiger partial charge in [0.1, 0.15) is 0 Å². The third-order valence-corrected chi connectivity index (χ3v) is 4.77. The fraction of sp³-hybridized carbons (Fsp3) is 0.714. The zero-order valence-electron chi connectivity index (χ0n) is 10.3. The van der Waals surface area contributed by atoms with Gasteiger partial charge in [0, 0.05) is 17.3 Å². The lowest BCUT2D eigenvalue weighted by Gasteiger charge is -2.09. The van der Waals surface area contributed by atoms with Crippen LogP contribution in [-0.2, 0) is 12.8 Å². The molecule has 0 aromatic carbocycles. The maximum Gasteiger partial charge on any atom is 0.0192 e. The van der Waals surface area contributed by atoms with Gasteiger partial charge in [-0.05, 0) is 55.2 Å². The molecule has 0 amide bonds. The molecule has 2 aliphatic rings. The largest absolute Gasteiger partial charge is 0.362 e.